The number of piperidine rings is 1. The van der Waals surface area contributed by atoms with E-state index in [9.17, 15) is 0 Å². The second kappa shape index (κ2) is 7.19. The van der Waals surface area contributed by atoms with Crippen molar-refractivity contribution in [3.63, 3.8) is 0 Å². The molecule has 0 aliphatic carbocycles. The molecule has 0 radical (unpaired) electrons. The summed E-state index contributed by atoms with van der Waals surface area (Å²) in [4.78, 5) is 8.22. The molecule has 0 unspecified atom stereocenters. The lowest BCUT2D eigenvalue weighted by atomic mass is 9.91. The van der Waals surface area contributed by atoms with Crippen molar-refractivity contribution in [3.05, 3.63) is 24.2 Å². The van der Waals surface area contributed by atoms with Gasteiger partial charge in [-0.1, -0.05) is 0 Å². The normalized spacial score (nSPS) is 32.7. The molecule has 0 N–H and O–H groups in total. The molecule has 4 nitrogen and oxygen atoms in total. The van der Waals surface area contributed by atoms with E-state index in [1.54, 1.807) is 6.26 Å². The van der Waals surface area contributed by atoms with Crippen molar-refractivity contribution in [3.8, 4) is 0 Å². The van der Waals surface area contributed by atoms with Gasteiger partial charge in [0, 0.05) is 43.3 Å². The first-order chi connectivity index (χ1) is 11.7. The summed E-state index contributed by atoms with van der Waals surface area (Å²) in [6.45, 7) is 12.3. The van der Waals surface area contributed by atoms with E-state index in [0.29, 0.717) is 6.04 Å². The summed E-state index contributed by atoms with van der Waals surface area (Å²) >= 11 is 0. The molecule has 4 heterocycles. The molecular formula is C20H33N3O. The van der Waals surface area contributed by atoms with Crippen LogP contribution in [0.4, 0.5) is 0 Å². The minimum atomic E-state index is 0.674. The predicted octanol–water partition coefficient (Wildman–Crippen LogP) is 3.05. The van der Waals surface area contributed by atoms with Gasteiger partial charge in [0.25, 0.3) is 0 Å². The highest BCUT2D eigenvalue weighted by Gasteiger charge is 2.45. The molecule has 4 heteroatoms. The van der Waals surface area contributed by atoms with Gasteiger partial charge >= 0.3 is 0 Å². The quantitative estimate of drug-likeness (QED) is 0.827. The van der Waals surface area contributed by atoms with Crippen LogP contribution in [-0.4, -0.2) is 65.5 Å². The topological polar surface area (TPSA) is 22.9 Å². The standard InChI is InChI=1S/C20H33N3O/c1-16(2)23-19(14-21-7-3-4-8-21)11-18-13-22(9-5-20(18)23)12-17-6-10-24-15-17/h6,10,15-16,18-20H,3-5,7-9,11-14H2,1-2H3/t18-,19+,20+/m0/s1. The third kappa shape index (κ3) is 3.42. The van der Waals surface area contributed by atoms with E-state index >= 15 is 0 Å². The zero-order valence-electron chi connectivity index (χ0n) is 15.4. The van der Waals surface area contributed by atoms with E-state index in [4.69, 9.17) is 4.42 Å². The fourth-order valence-corrected chi connectivity index (χ4v) is 5.48. The molecule has 3 aliphatic rings. The van der Waals surface area contributed by atoms with Gasteiger partial charge in [0.15, 0.2) is 0 Å². The van der Waals surface area contributed by atoms with Crippen molar-refractivity contribution in [2.75, 3.05) is 32.7 Å². The molecule has 24 heavy (non-hydrogen) atoms. The molecule has 1 aromatic rings. The number of hydrogen-bond acceptors (Lipinski definition) is 4. The third-order valence-corrected chi connectivity index (χ3v) is 6.41. The molecule has 0 amide bonds. The molecule has 4 rings (SSSR count). The highest BCUT2D eigenvalue weighted by atomic mass is 16.3. The Kier molecular flexibility index (Phi) is 4.98. The first kappa shape index (κ1) is 16.6. The molecule has 0 aromatic carbocycles. The summed E-state index contributed by atoms with van der Waals surface area (Å²) in [5.41, 5.74) is 1.32. The number of likely N-dealkylation sites (tertiary alicyclic amines) is 3. The van der Waals surface area contributed by atoms with Gasteiger partial charge in [-0.05, 0) is 71.1 Å². The van der Waals surface area contributed by atoms with Crippen LogP contribution in [0.25, 0.3) is 0 Å². The highest BCUT2D eigenvalue weighted by molar-refractivity contribution is 5.07. The monoisotopic (exact) mass is 331 g/mol. The van der Waals surface area contributed by atoms with E-state index in [2.05, 4.69) is 34.6 Å². The lowest BCUT2D eigenvalue weighted by molar-refractivity contribution is 0.0683. The number of hydrogen-bond donors (Lipinski definition) is 0. The van der Waals surface area contributed by atoms with Crippen LogP contribution in [-0.2, 0) is 6.54 Å². The lowest BCUT2D eigenvalue weighted by Gasteiger charge is -2.41. The van der Waals surface area contributed by atoms with Crippen molar-refractivity contribution in [2.45, 2.75) is 64.2 Å². The molecule has 134 valence electrons. The van der Waals surface area contributed by atoms with Crippen molar-refractivity contribution in [1.82, 2.24) is 14.7 Å². The number of rotatable bonds is 5. The smallest absolute Gasteiger partial charge is 0.0947 e. The van der Waals surface area contributed by atoms with Crippen LogP contribution in [0.3, 0.4) is 0 Å². The fourth-order valence-electron chi connectivity index (χ4n) is 5.48. The van der Waals surface area contributed by atoms with Crippen LogP contribution in [0, 0.1) is 5.92 Å². The summed E-state index contributed by atoms with van der Waals surface area (Å²) < 4.78 is 5.24. The highest BCUT2D eigenvalue weighted by Crippen LogP contribution is 2.38. The molecule has 0 spiro atoms. The Morgan fingerprint density at radius 2 is 2.00 bits per heavy atom. The summed E-state index contributed by atoms with van der Waals surface area (Å²) in [5, 5.41) is 0. The molecular weight excluding hydrogens is 298 g/mol. The largest absolute Gasteiger partial charge is 0.472 e. The Morgan fingerprint density at radius 3 is 2.71 bits per heavy atom. The van der Waals surface area contributed by atoms with E-state index in [-0.39, 0.29) is 0 Å². The van der Waals surface area contributed by atoms with Crippen LogP contribution in [0.2, 0.25) is 0 Å². The molecule has 0 bridgehead atoms. The number of furan rings is 1. The maximum atomic E-state index is 5.24. The summed E-state index contributed by atoms with van der Waals surface area (Å²) in [6.07, 6.45) is 9.22. The third-order valence-electron chi connectivity index (χ3n) is 6.41. The second-order valence-corrected chi connectivity index (χ2v) is 8.42. The second-order valence-electron chi connectivity index (χ2n) is 8.42. The first-order valence-electron chi connectivity index (χ1n) is 9.94. The average Bonchev–Trinajstić information content (AvgIpc) is 3.27. The average molecular weight is 332 g/mol. The van der Waals surface area contributed by atoms with Gasteiger partial charge in [-0.2, -0.15) is 0 Å². The maximum Gasteiger partial charge on any atom is 0.0947 e. The molecule has 1 aromatic heterocycles. The Balaban J connectivity index is 1.40. The van der Waals surface area contributed by atoms with Gasteiger partial charge in [-0.25, -0.2) is 0 Å². The molecule has 3 fully saturated rings. The van der Waals surface area contributed by atoms with Crippen LogP contribution >= 0.6 is 0 Å². The van der Waals surface area contributed by atoms with Gasteiger partial charge in [-0.15, -0.1) is 0 Å². The zero-order valence-corrected chi connectivity index (χ0v) is 15.4. The number of fused-ring (bicyclic) bond motifs is 1. The fraction of sp³-hybridized carbons (Fsp3) is 0.800. The first-order valence-corrected chi connectivity index (χ1v) is 9.94. The van der Waals surface area contributed by atoms with Crippen LogP contribution in [0.15, 0.2) is 23.0 Å². The lowest BCUT2D eigenvalue weighted by Crippen LogP contribution is -2.50. The van der Waals surface area contributed by atoms with E-state index in [1.807, 2.05) is 6.26 Å². The van der Waals surface area contributed by atoms with Crippen molar-refractivity contribution >= 4 is 0 Å². The summed E-state index contributed by atoms with van der Waals surface area (Å²) in [7, 11) is 0. The Labute approximate surface area is 146 Å². The molecule has 3 atom stereocenters. The van der Waals surface area contributed by atoms with Crippen molar-refractivity contribution in [1.29, 1.82) is 0 Å². The van der Waals surface area contributed by atoms with E-state index in [0.717, 1.165) is 24.5 Å². The SMILES string of the molecule is CC(C)N1[C@@H](CN2CCCC2)C[C@H]2CN(Cc3ccoc3)CC[C@H]21. The maximum absolute atomic E-state index is 5.24. The number of nitrogens with zero attached hydrogens (tertiary/aromatic N) is 3. The minimum absolute atomic E-state index is 0.674. The zero-order chi connectivity index (χ0) is 16.5. The molecule has 3 aliphatic heterocycles. The van der Waals surface area contributed by atoms with Gasteiger partial charge < -0.3 is 9.32 Å². The Bertz CT molecular complexity index is 509. The van der Waals surface area contributed by atoms with Crippen LogP contribution < -0.4 is 0 Å². The van der Waals surface area contributed by atoms with Gasteiger partial charge in [0.1, 0.15) is 0 Å². The van der Waals surface area contributed by atoms with Gasteiger partial charge in [-0.3, -0.25) is 9.80 Å². The van der Waals surface area contributed by atoms with Crippen molar-refractivity contribution < 1.29 is 4.42 Å². The molecule has 3 saturated heterocycles. The predicted molar refractivity (Wildman–Crippen MR) is 96.9 cm³/mol. The Hall–Kier alpha value is -0.840. The van der Waals surface area contributed by atoms with Gasteiger partial charge in [0.2, 0.25) is 0 Å². The van der Waals surface area contributed by atoms with E-state index in [1.165, 1.54) is 64.0 Å². The van der Waals surface area contributed by atoms with Crippen LogP contribution in [0.1, 0.15) is 45.1 Å². The van der Waals surface area contributed by atoms with Crippen LogP contribution in [0.5, 0.6) is 0 Å². The summed E-state index contributed by atoms with van der Waals surface area (Å²) in [5.74, 6) is 0.848. The molecule has 0 saturated carbocycles. The van der Waals surface area contributed by atoms with E-state index < -0.39 is 0 Å². The Morgan fingerprint density at radius 1 is 1.17 bits per heavy atom. The summed E-state index contributed by atoms with van der Waals surface area (Å²) in [6, 6.07) is 4.36. The minimum Gasteiger partial charge on any atom is -0.472 e. The van der Waals surface area contributed by atoms with Crippen molar-refractivity contribution in [2.24, 2.45) is 5.92 Å². The van der Waals surface area contributed by atoms with Gasteiger partial charge in [0.05, 0.1) is 12.5 Å².